The standard InChI is InChI=1S/C40H25NOS/c1-2-8-29(9-3-1)41(31-21-22-33-32-10-4-6-12-36(32)42-37(33)25-31)30-19-16-26(17-20-30)28-15-14-27-18-23-39-40(35(27)24-28)34-11-5-7-13-38(34)43-39/h1-25H. The molecule has 7 aromatic carbocycles. The van der Waals surface area contributed by atoms with Crippen LogP contribution in [0.25, 0.3) is 64.0 Å². The van der Waals surface area contributed by atoms with Gasteiger partial charge in [0.15, 0.2) is 0 Å². The molecule has 9 aromatic rings. The highest BCUT2D eigenvalue weighted by molar-refractivity contribution is 7.26. The highest BCUT2D eigenvalue weighted by atomic mass is 32.1. The molecule has 2 heterocycles. The second kappa shape index (κ2) is 9.59. The SMILES string of the molecule is c1ccc(N(c2ccc(-c3ccc4ccc5sc6ccccc6c5c4c3)cc2)c2ccc3c(c2)oc2ccccc23)cc1. The minimum atomic E-state index is 0.889. The van der Waals surface area contributed by atoms with Crippen LogP contribution in [0.4, 0.5) is 17.1 Å². The van der Waals surface area contributed by atoms with Crippen LogP contribution in [-0.2, 0) is 0 Å². The van der Waals surface area contributed by atoms with E-state index in [-0.39, 0.29) is 0 Å². The maximum atomic E-state index is 6.25. The fourth-order valence-corrected chi connectivity index (χ4v) is 7.53. The van der Waals surface area contributed by atoms with Crippen LogP contribution >= 0.6 is 11.3 Å². The monoisotopic (exact) mass is 567 g/mol. The summed E-state index contributed by atoms with van der Waals surface area (Å²) in [6, 6.07) is 54.2. The zero-order valence-electron chi connectivity index (χ0n) is 23.2. The molecule has 0 aliphatic heterocycles. The molecule has 0 fully saturated rings. The quantitative estimate of drug-likeness (QED) is 0.210. The minimum Gasteiger partial charge on any atom is -0.456 e. The Bertz CT molecular complexity index is 2450. The van der Waals surface area contributed by atoms with Gasteiger partial charge >= 0.3 is 0 Å². The first-order chi connectivity index (χ1) is 21.3. The van der Waals surface area contributed by atoms with Gasteiger partial charge in [-0.25, -0.2) is 0 Å². The highest BCUT2D eigenvalue weighted by Crippen LogP contribution is 2.41. The molecule has 2 nitrogen and oxygen atoms in total. The Morgan fingerprint density at radius 2 is 1.09 bits per heavy atom. The van der Waals surface area contributed by atoms with Gasteiger partial charge in [0.05, 0.1) is 0 Å². The van der Waals surface area contributed by atoms with E-state index in [1.807, 2.05) is 23.5 Å². The van der Waals surface area contributed by atoms with E-state index in [4.69, 9.17) is 4.42 Å². The molecule has 0 aliphatic rings. The van der Waals surface area contributed by atoms with E-state index in [1.165, 1.54) is 42.1 Å². The normalized spacial score (nSPS) is 11.7. The van der Waals surface area contributed by atoms with Gasteiger partial charge in [-0.05, 0) is 82.6 Å². The largest absolute Gasteiger partial charge is 0.456 e. The topological polar surface area (TPSA) is 16.4 Å². The van der Waals surface area contributed by atoms with Crippen LogP contribution in [0.5, 0.6) is 0 Å². The van der Waals surface area contributed by atoms with Gasteiger partial charge in [-0.3, -0.25) is 0 Å². The number of furan rings is 1. The van der Waals surface area contributed by atoms with Gasteiger partial charge in [0.2, 0.25) is 0 Å². The Hall–Kier alpha value is -5.38. The fourth-order valence-electron chi connectivity index (χ4n) is 6.40. The summed E-state index contributed by atoms with van der Waals surface area (Å²) < 4.78 is 8.92. The second-order valence-corrected chi connectivity index (χ2v) is 12.1. The third-order valence-corrected chi connectivity index (χ3v) is 9.59. The van der Waals surface area contributed by atoms with Crippen LogP contribution in [0.15, 0.2) is 156 Å². The molecule has 0 unspecified atom stereocenters. The third kappa shape index (κ3) is 3.93. The number of para-hydroxylation sites is 2. The van der Waals surface area contributed by atoms with E-state index in [2.05, 4.69) is 144 Å². The molecule has 0 saturated heterocycles. The predicted octanol–water partition coefficient (Wildman–Crippen LogP) is 12.2. The smallest absolute Gasteiger partial charge is 0.137 e. The minimum absolute atomic E-state index is 0.889. The molecular formula is C40H25NOS. The number of anilines is 3. The zero-order chi connectivity index (χ0) is 28.3. The number of hydrogen-bond acceptors (Lipinski definition) is 3. The Morgan fingerprint density at radius 1 is 0.419 bits per heavy atom. The van der Waals surface area contributed by atoms with E-state index in [0.717, 1.165) is 39.0 Å². The highest BCUT2D eigenvalue weighted by Gasteiger charge is 2.16. The first kappa shape index (κ1) is 24.2. The van der Waals surface area contributed by atoms with E-state index >= 15 is 0 Å². The summed E-state index contributed by atoms with van der Waals surface area (Å²) in [4.78, 5) is 2.29. The summed E-state index contributed by atoms with van der Waals surface area (Å²) in [6.07, 6.45) is 0. The lowest BCUT2D eigenvalue weighted by Gasteiger charge is -2.25. The molecule has 0 atom stereocenters. The van der Waals surface area contributed by atoms with Crippen LogP contribution < -0.4 is 4.90 Å². The van der Waals surface area contributed by atoms with Crippen LogP contribution in [0.2, 0.25) is 0 Å². The van der Waals surface area contributed by atoms with E-state index in [0.29, 0.717) is 0 Å². The molecule has 2 aromatic heterocycles. The predicted molar refractivity (Wildman–Crippen MR) is 184 cm³/mol. The summed E-state index contributed by atoms with van der Waals surface area (Å²) in [6.45, 7) is 0. The van der Waals surface area contributed by atoms with Crippen molar-refractivity contribution in [1.82, 2.24) is 0 Å². The van der Waals surface area contributed by atoms with Gasteiger partial charge in [-0.15, -0.1) is 11.3 Å². The maximum Gasteiger partial charge on any atom is 0.137 e. The molecule has 9 rings (SSSR count). The summed E-state index contributed by atoms with van der Waals surface area (Å²) >= 11 is 1.87. The number of hydrogen-bond donors (Lipinski definition) is 0. The lowest BCUT2D eigenvalue weighted by atomic mass is 9.98. The van der Waals surface area contributed by atoms with Crippen molar-refractivity contribution in [2.75, 3.05) is 4.90 Å². The average molecular weight is 568 g/mol. The van der Waals surface area contributed by atoms with Gasteiger partial charge in [-0.1, -0.05) is 84.9 Å². The van der Waals surface area contributed by atoms with Gasteiger partial charge in [0.25, 0.3) is 0 Å². The van der Waals surface area contributed by atoms with E-state index < -0.39 is 0 Å². The summed E-state index contributed by atoms with van der Waals surface area (Å²) in [5.74, 6) is 0. The third-order valence-electron chi connectivity index (χ3n) is 8.45. The maximum absolute atomic E-state index is 6.25. The second-order valence-electron chi connectivity index (χ2n) is 11.0. The summed E-state index contributed by atoms with van der Waals surface area (Å²) in [5, 5.41) is 7.54. The molecule has 202 valence electrons. The van der Waals surface area contributed by atoms with Crippen molar-refractivity contribution in [3.63, 3.8) is 0 Å². The molecule has 0 N–H and O–H groups in total. The van der Waals surface area contributed by atoms with Crippen LogP contribution in [-0.4, -0.2) is 0 Å². The van der Waals surface area contributed by atoms with Crippen molar-refractivity contribution in [3.8, 4) is 11.1 Å². The summed E-state index contributed by atoms with van der Waals surface area (Å²) in [7, 11) is 0. The van der Waals surface area contributed by atoms with Crippen molar-refractivity contribution in [2.24, 2.45) is 0 Å². The number of thiophene rings is 1. The molecule has 3 heteroatoms. The van der Waals surface area contributed by atoms with E-state index in [9.17, 15) is 0 Å². The van der Waals surface area contributed by atoms with Crippen molar-refractivity contribution < 1.29 is 4.42 Å². The molecule has 0 radical (unpaired) electrons. The molecule has 0 amide bonds. The Labute approximate surface area is 252 Å². The first-order valence-corrected chi connectivity index (χ1v) is 15.3. The molecular weight excluding hydrogens is 543 g/mol. The molecule has 0 spiro atoms. The lowest BCUT2D eigenvalue weighted by molar-refractivity contribution is 0.669. The molecule has 0 saturated carbocycles. The zero-order valence-corrected chi connectivity index (χ0v) is 24.0. The van der Waals surface area contributed by atoms with Crippen LogP contribution in [0.1, 0.15) is 0 Å². The van der Waals surface area contributed by atoms with Gasteiger partial charge in [0.1, 0.15) is 11.2 Å². The molecule has 0 aliphatic carbocycles. The van der Waals surface area contributed by atoms with Crippen molar-refractivity contribution in [2.45, 2.75) is 0 Å². The molecule has 0 bridgehead atoms. The van der Waals surface area contributed by atoms with Crippen molar-refractivity contribution >= 4 is 81.3 Å². The Kier molecular flexibility index (Phi) is 5.40. The van der Waals surface area contributed by atoms with Crippen LogP contribution in [0.3, 0.4) is 0 Å². The summed E-state index contributed by atoms with van der Waals surface area (Å²) in [5.41, 5.74) is 7.47. The van der Waals surface area contributed by atoms with Crippen molar-refractivity contribution in [3.05, 3.63) is 152 Å². The Morgan fingerprint density at radius 3 is 1.98 bits per heavy atom. The first-order valence-electron chi connectivity index (χ1n) is 14.5. The number of rotatable bonds is 4. The van der Waals surface area contributed by atoms with Crippen molar-refractivity contribution in [1.29, 1.82) is 0 Å². The lowest BCUT2D eigenvalue weighted by Crippen LogP contribution is -2.09. The van der Waals surface area contributed by atoms with Gasteiger partial charge in [0, 0.05) is 54.1 Å². The van der Waals surface area contributed by atoms with Gasteiger partial charge in [-0.2, -0.15) is 0 Å². The number of nitrogens with zero attached hydrogens (tertiary/aromatic N) is 1. The van der Waals surface area contributed by atoms with E-state index in [1.54, 1.807) is 0 Å². The fraction of sp³-hybridized carbons (Fsp3) is 0. The number of fused-ring (bicyclic) bond motifs is 8. The number of benzene rings is 7. The van der Waals surface area contributed by atoms with Crippen LogP contribution in [0, 0.1) is 0 Å². The average Bonchev–Trinajstić information content (AvgIpc) is 3.64. The van der Waals surface area contributed by atoms with Gasteiger partial charge < -0.3 is 9.32 Å². The Balaban J connectivity index is 1.15. The molecule has 43 heavy (non-hydrogen) atoms.